The molecule has 3 rings (SSSR count). The Morgan fingerprint density at radius 3 is 2.52 bits per heavy atom. The molecular weight excluding hydrogens is 282 g/mol. The van der Waals surface area contributed by atoms with Gasteiger partial charge in [-0.25, -0.2) is 8.42 Å². The van der Waals surface area contributed by atoms with E-state index in [9.17, 15) is 8.42 Å². The average Bonchev–Trinajstić information content (AvgIpc) is 2.85. The number of benzene rings is 1. The number of aryl methyl sites for hydroxylation is 1. The lowest BCUT2D eigenvalue weighted by molar-refractivity contribution is 0.601. The molecular formula is C17H17NO2S. The second-order valence-electron chi connectivity index (χ2n) is 5.39. The molecule has 0 aliphatic heterocycles. The van der Waals surface area contributed by atoms with Gasteiger partial charge in [-0.2, -0.15) is 0 Å². The molecule has 0 radical (unpaired) electrons. The molecule has 1 aliphatic carbocycles. The van der Waals surface area contributed by atoms with Gasteiger partial charge in [0.25, 0.3) is 0 Å². The van der Waals surface area contributed by atoms with Crippen molar-refractivity contribution in [3.8, 4) is 0 Å². The summed E-state index contributed by atoms with van der Waals surface area (Å²) < 4.78 is 24.1. The highest BCUT2D eigenvalue weighted by Crippen LogP contribution is 2.41. The highest BCUT2D eigenvalue weighted by molar-refractivity contribution is 7.94. The van der Waals surface area contributed by atoms with E-state index in [0.29, 0.717) is 4.91 Å². The maximum absolute atomic E-state index is 12.0. The Balaban J connectivity index is 1.90. The molecule has 1 atom stereocenters. The molecule has 0 fully saturated rings. The van der Waals surface area contributed by atoms with Crippen LogP contribution in [0.25, 0.3) is 6.08 Å². The van der Waals surface area contributed by atoms with E-state index in [1.54, 1.807) is 12.4 Å². The highest BCUT2D eigenvalue weighted by atomic mass is 32.2. The van der Waals surface area contributed by atoms with Crippen LogP contribution in [0.15, 0.2) is 53.7 Å². The molecule has 0 bridgehead atoms. The molecule has 21 heavy (non-hydrogen) atoms. The van der Waals surface area contributed by atoms with Crippen LogP contribution in [-0.4, -0.2) is 19.7 Å². The minimum atomic E-state index is -3.18. The number of aromatic nitrogens is 1. The first-order valence-electron chi connectivity index (χ1n) is 6.95. The third-order valence-electron chi connectivity index (χ3n) is 3.91. The van der Waals surface area contributed by atoms with Gasteiger partial charge in [-0.15, -0.1) is 0 Å². The lowest BCUT2D eigenvalue weighted by atomic mass is 9.94. The second-order valence-corrected chi connectivity index (χ2v) is 7.41. The highest BCUT2D eigenvalue weighted by Gasteiger charge is 2.30. The van der Waals surface area contributed by atoms with Crippen molar-refractivity contribution in [3.05, 3.63) is 70.4 Å². The number of hydrogen-bond donors (Lipinski definition) is 0. The van der Waals surface area contributed by atoms with E-state index in [2.05, 4.69) is 4.98 Å². The van der Waals surface area contributed by atoms with Gasteiger partial charge in [-0.1, -0.05) is 24.3 Å². The van der Waals surface area contributed by atoms with Gasteiger partial charge in [0, 0.05) is 24.6 Å². The number of sulfone groups is 1. The Morgan fingerprint density at radius 2 is 1.81 bits per heavy atom. The molecule has 4 heteroatoms. The molecule has 1 aromatic carbocycles. The van der Waals surface area contributed by atoms with Gasteiger partial charge in [0.2, 0.25) is 0 Å². The zero-order chi connectivity index (χ0) is 14.9. The van der Waals surface area contributed by atoms with Crippen molar-refractivity contribution < 1.29 is 8.42 Å². The largest absolute Gasteiger partial charge is 0.265 e. The molecule has 0 N–H and O–H groups in total. The lowest BCUT2D eigenvalue weighted by Crippen LogP contribution is -2.09. The number of hydrogen-bond acceptors (Lipinski definition) is 3. The maximum Gasteiger partial charge on any atom is 0.172 e. The molecule has 1 aromatic heterocycles. The maximum atomic E-state index is 12.0. The van der Waals surface area contributed by atoms with Gasteiger partial charge in [0.05, 0.1) is 4.91 Å². The van der Waals surface area contributed by atoms with Crippen LogP contribution in [0.4, 0.5) is 0 Å². The molecule has 2 aromatic rings. The quantitative estimate of drug-likeness (QED) is 0.871. The number of pyridine rings is 1. The number of fused-ring (bicyclic) bond motifs is 1. The Labute approximate surface area is 125 Å². The monoisotopic (exact) mass is 299 g/mol. The van der Waals surface area contributed by atoms with Crippen molar-refractivity contribution >= 4 is 15.9 Å². The summed E-state index contributed by atoms with van der Waals surface area (Å²) in [7, 11) is -3.18. The molecule has 0 spiro atoms. The van der Waals surface area contributed by atoms with E-state index in [-0.39, 0.29) is 5.92 Å². The van der Waals surface area contributed by atoms with Crippen LogP contribution in [-0.2, 0) is 16.3 Å². The summed E-state index contributed by atoms with van der Waals surface area (Å²) in [5.74, 6) is -0.0376. The standard InChI is InChI=1S/C17H17NO2S/c1-21(19,20)17-12-14-4-2-3-5-15(14)16(17)7-6-13-8-10-18-11-9-13/h2-5,8-12,16H,6-7H2,1H3. The van der Waals surface area contributed by atoms with Crippen molar-refractivity contribution in [3.63, 3.8) is 0 Å². The fraction of sp³-hybridized carbons (Fsp3) is 0.235. The van der Waals surface area contributed by atoms with Crippen LogP contribution in [0.3, 0.4) is 0 Å². The summed E-state index contributed by atoms with van der Waals surface area (Å²) in [6.45, 7) is 0. The van der Waals surface area contributed by atoms with Crippen molar-refractivity contribution in [1.29, 1.82) is 0 Å². The lowest BCUT2D eigenvalue weighted by Gasteiger charge is -2.15. The summed E-state index contributed by atoms with van der Waals surface area (Å²) in [4.78, 5) is 4.55. The molecule has 108 valence electrons. The van der Waals surface area contributed by atoms with E-state index >= 15 is 0 Å². The normalized spacial score (nSPS) is 17.4. The number of nitrogens with zero attached hydrogens (tertiary/aromatic N) is 1. The predicted octanol–water partition coefficient (Wildman–Crippen LogP) is 3.20. The van der Waals surface area contributed by atoms with Gasteiger partial charge in [0.15, 0.2) is 9.84 Å². The first-order chi connectivity index (χ1) is 10.1. The molecule has 1 heterocycles. The summed E-state index contributed by atoms with van der Waals surface area (Å²) in [6, 6.07) is 11.9. The topological polar surface area (TPSA) is 47.0 Å². The van der Waals surface area contributed by atoms with Gasteiger partial charge < -0.3 is 0 Å². The first kappa shape index (κ1) is 14.0. The number of rotatable bonds is 4. The molecule has 0 amide bonds. The van der Waals surface area contributed by atoms with E-state index in [4.69, 9.17) is 0 Å². The molecule has 1 unspecified atom stereocenters. The molecule has 3 nitrogen and oxygen atoms in total. The SMILES string of the molecule is CS(=O)(=O)C1=Cc2ccccc2C1CCc1ccncc1. The van der Waals surface area contributed by atoms with E-state index < -0.39 is 9.84 Å². The Bertz CT molecular complexity index is 779. The van der Waals surface area contributed by atoms with Crippen LogP contribution in [0, 0.1) is 0 Å². The molecule has 0 saturated carbocycles. The van der Waals surface area contributed by atoms with Gasteiger partial charge in [-0.3, -0.25) is 4.98 Å². The molecule has 1 aliphatic rings. The number of allylic oxidation sites excluding steroid dienone is 1. The van der Waals surface area contributed by atoms with Gasteiger partial charge in [-0.05, 0) is 47.7 Å². The summed E-state index contributed by atoms with van der Waals surface area (Å²) in [6.07, 6.45) is 8.29. The summed E-state index contributed by atoms with van der Waals surface area (Å²) in [5, 5.41) is 0. The van der Waals surface area contributed by atoms with Gasteiger partial charge >= 0.3 is 0 Å². The molecule has 0 saturated heterocycles. The predicted molar refractivity (Wildman–Crippen MR) is 84.6 cm³/mol. The Hall–Kier alpha value is -1.94. The van der Waals surface area contributed by atoms with Crippen LogP contribution >= 0.6 is 0 Å². The van der Waals surface area contributed by atoms with E-state index in [1.165, 1.54) is 11.8 Å². The zero-order valence-electron chi connectivity index (χ0n) is 11.9. The first-order valence-corrected chi connectivity index (χ1v) is 8.84. The van der Waals surface area contributed by atoms with Crippen molar-refractivity contribution in [1.82, 2.24) is 4.98 Å². The Kier molecular flexibility index (Phi) is 3.64. The minimum Gasteiger partial charge on any atom is -0.265 e. The third kappa shape index (κ3) is 2.90. The average molecular weight is 299 g/mol. The fourth-order valence-corrected chi connectivity index (χ4v) is 3.99. The third-order valence-corrected chi connectivity index (χ3v) is 5.17. The van der Waals surface area contributed by atoms with E-state index in [1.807, 2.05) is 42.5 Å². The van der Waals surface area contributed by atoms with Crippen LogP contribution in [0.1, 0.15) is 29.0 Å². The Morgan fingerprint density at radius 1 is 1.10 bits per heavy atom. The van der Waals surface area contributed by atoms with Crippen molar-refractivity contribution in [2.75, 3.05) is 6.26 Å². The fourth-order valence-electron chi connectivity index (χ4n) is 2.89. The van der Waals surface area contributed by atoms with Crippen molar-refractivity contribution in [2.45, 2.75) is 18.8 Å². The smallest absolute Gasteiger partial charge is 0.172 e. The zero-order valence-corrected chi connectivity index (χ0v) is 12.7. The van der Waals surface area contributed by atoms with Gasteiger partial charge in [0.1, 0.15) is 0 Å². The minimum absolute atomic E-state index is 0.0376. The summed E-state index contributed by atoms with van der Waals surface area (Å²) >= 11 is 0. The van der Waals surface area contributed by atoms with Crippen LogP contribution in [0.2, 0.25) is 0 Å². The van der Waals surface area contributed by atoms with Crippen LogP contribution in [0.5, 0.6) is 0 Å². The van der Waals surface area contributed by atoms with E-state index in [0.717, 1.165) is 24.0 Å². The second kappa shape index (κ2) is 5.45. The van der Waals surface area contributed by atoms with Crippen LogP contribution < -0.4 is 0 Å². The van der Waals surface area contributed by atoms with Crippen molar-refractivity contribution in [2.24, 2.45) is 0 Å². The summed E-state index contributed by atoms with van der Waals surface area (Å²) in [5.41, 5.74) is 3.33.